The topological polar surface area (TPSA) is 137 Å². The number of aliphatic imine (C=N–C) groups is 1. The predicted octanol–water partition coefficient (Wildman–Crippen LogP) is 1.22. The van der Waals surface area contributed by atoms with Gasteiger partial charge in [0.2, 0.25) is 5.88 Å². The number of hydrogen-bond acceptors (Lipinski definition) is 9. The maximum atomic E-state index is 13.7. The van der Waals surface area contributed by atoms with Crippen molar-refractivity contribution >= 4 is 23.2 Å². The van der Waals surface area contributed by atoms with Crippen molar-refractivity contribution in [1.29, 1.82) is 0 Å². The summed E-state index contributed by atoms with van der Waals surface area (Å²) in [6.07, 6.45) is 1.49. The van der Waals surface area contributed by atoms with Crippen LogP contribution in [0, 0.1) is 11.6 Å². The van der Waals surface area contributed by atoms with E-state index in [1.54, 1.807) is 12.1 Å². The number of fused-ring (bicyclic) bond motifs is 1. The van der Waals surface area contributed by atoms with Gasteiger partial charge in [0.1, 0.15) is 18.1 Å². The summed E-state index contributed by atoms with van der Waals surface area (Å²) in [5, 5.41) is 12.1. The van der Waals surface area contributed by atoms with E-state index in [0.29, 0.717) is 16.0 Å². The summed E-state index contributed by atoms with van der Waals surface area (Å²) in [5.41, 5.74) is -1.46. The van der Waals surface area contributed by atoms with Crippen molar-refractivity contribution in [3.8, 4) is 11.6 Å². The van der Waals surface area contributed by atoms with Crippen LogP contribution in [-0.4, -0.2) is 44.6 Å². The second-order valence-electron chi connectivity index (χ2n) is 7.53. The molecule has 1 aromatic carbocycles. The molecule has 0 unspecified atom stereocenters. The average molecular weight is 487 g/mol. The molecule has 0 aliphatic carbocycles. The number of aromatic nitrogens is 3. The second-order valence-corrected chi connectivity index (χ2v) is 7.53. The maximum Gasteiger partial charge on any atom is 0.354 e. The van der Waals surface area contributed by atoms with Gasteiger partial charge in [-0.05, 0) is 29.3 Å². The van der Waals surface area contributed by atoms with Crippen LogP contribution in [0.3, 0.4) is 0 Å². The number of pyridine rings is 1. The molecule has 4 rings (SSSR count). The molecule has 2 N–H and O–H groups in total. The first-order valence-corrected chi connectivity index (χ1v) is 10.2. The molecule has 13 heteroatoms. The van der Waals surface area contributed by atoms with E-state index in [4.69, 9.17) is 9.47 Å². The number of hydrogen-bond donors (Lipinski definition) is 2. The highest BCUT2D eigenvalue weighted by Crippen LogP contribution is 2.24. The number of halogens is 2. The molecule has 0 spiro atoms. The number of nitrogens with zero attached hydrogens (tertiary/aromatic N) is 4. The van der Waals surface area contributed by atoms with Gasteiger partial charge in [0.15, 0.2) is 23.1 Å². The third-order valence-corrected chi connectivity index (χ3v) is 5.23. The summed E-state index contributed by atoms with van der Waals surface area (Å²) < 4.78 is 39.5. The largest absolute Gasteiger partial charge is 0.503 e. The van der Waals surface area contributed by atoms with Crippen LogP contribution in [0.15, 0.2) is 45.0 Å². The van der Waals surface area contributed by atoms with Crippen molar-refractivity contribution in [2.75, 3.05) is 19.0 Å². The Bertz CT molecular complexity index is 1460. The molecule has 0 radical (unpaired) electrons. The number of phenols is 1. The molecule has 3 aromatic rings. The zero-order valence-corrected chi connectivity index (χ0v) is 18.5. The van der Waals surface area contributed by atoms with Crippen molar-refractivity contribution in [2.45, 2.75) is 13.2 Å². The lowest BCUT2D eigenvalue weighted by Gasteiger charge is -2.20. The fourth-order valence-corrected chi connectivity index (χ4v) is 3.43. The van der Waals surface area contributed by atoms with Gasteiger partial charge in [-0.3, -0.25) is 13.9 Å². The molecule has 182 valence electrons. The lowest BCUT2D eigenvalue weighted by Crippen LogP contribution is -2.42. The standard InChI is InChI=1S/C22H19F2N5O6/c1-28-19-17(20(31)29(22(28)33)9-12-5-13(23)18(30)14(24)6-12)27-15(8-26-19)21(32)35-10-11-3-4-25-16(7-11)34-2/h3-7,26,30H,8-10H2,1-2H3. The number of methoxy groups -OCH3 is 1. The van der Waals surface area contributed by atoms with Crippen molar-refractivity contribution in [2.24, 2.45) is 12.0 Å². The van der Waals surface area contributed by atoms with Gasteiger partial charge in [-0.15, -0.1) is 0 Å². The minimum absolute atomic E-state index is 0.0721. The fraction of sp³-hybridized carbons (Fsp3) is 0.227. The van der Waals surface area contributed by atoms with Crippen molar-refractivity contribution in [1.82, 2.24) is 14.1 Å². The van der Waals surface area contributed by atoms with Gasteiger partial charge >= 0.3 is 11.7 Å². The van der Waals surface area contributed by atoms with E-state index in [0.717, 1.165) is 16.7 Å². The lowest BCUT2D eigenvalue weighted by atomic mass is 10.2. The SMILES string of the molecule is COc1cc(COC(=O)C2=Nc3c(n(C)c(=O)n(Cc4cc(F)c(O)c(F)c4)c3=O)NC2)ccn1. The normalized spacial score (nSPS) is 12.4. The number of rotatable bonds is 6. The van der Waals surface area contributed by atoms with E-state index >= 15 is 0 Å². The highest BCUT2D eigenvalue weighted by atomic mass is 19.1. The molecule has 35 heavy (non-hydrogen) atoms. The Hall–Kier alpha value is -4.55. The van der Waals surface area contributed by atoms with Crippen molar-refractivity contribution < 1.29 is 28.2 Å². The number of esters is 1. The molecule has 11 nitrogen and oxygen atoms in total. The smallest absolute Gasteiger partial charge is 0.354 e. The number of nitrogens with one attached hydrogen (secondary N) is 1. The molecule has 1 aliphatic heterocycles. The number of aromatic hydroxyl groups is 1. The number of carbonyl (C=O) groups is 1. The van der Waals surface area contributed by atoms with Crippen LogP contribution < -0.4 is 21.3 Å². The molecular weight excluding hydrogens is 468 g/mol. The van der Waals surface area contributed by atoms with Crippen LogP contribution >= 0.6 is 0 Å². The molecule has 3 heterocycles. The third kappa shape index (κ3) is 4.60. The Balaban J connectivity index is 1.63. The van der Waals surface area contributed by atoms with Gasteiger partial charge in [-0.2, -0.15) is 0 Å². The van der Waals surface area contributed by atoms with Crippen LogP contribution in [0.1, 0.15) is 11.1 Å². The first-order chi connectivity index (χ1) is 16.7. The summed E-state index contributed by atoms with van der Waals surface area (Å²) in [4.78, 5) is 46.4. The zero-order valence-electron chi connectivity index (χ0n) is 18.5. The van der Waals surface area contributed by atoms with Gasteiger partial charge in [-0.1, -0.05) is 0 Å². The van der Waals surface area contributed by atoms with Crippen LogP contribution in [-0.2, 0) is 29.7 Å². The minimum Gasteiger partial charge on any atom is -0.503 e. The Morgan fingerprint density at radius 1 is 1.20 bits per heavy atom. The molecule has 2 aromatic heterocycles. The Morgan fingerprint density at radius 2 is 1.91 bits per heavy atom. The van der Waals surface area contributed by atoms with E-state index in [2.05, 4.69) is 15.3 Å². The quantitative estimate of drug-likeness (QED) is 0.496. The Morgan fingerprint density at radius 3 is 2.60 bits per heavy atom. The fourth-order valence-electron chi connectivity index (χ4n) is 3.43. The number of anilines is 1. The highest BCUT2D eigenvalue weighted by Gasteiger charge is 2.25. The van der Waals surface area contributed by atoms with E-state index in [9.17, 15) is 28.3 Å². The molecule has 0 atom stereocenters. The molecule has 0 bridgehead atoms. The lowest BCUT2D eigenvalue weighted by molar-refractivity contribution is -0.136. The first-order valence-electron chi connectivity index (χ1n) is 10.2. The van der Waals surface area contributed by atoms with Gasteiger partial charge < -0.3 is 19.9 Å². The van der Waals surface area contributed by atoms with Crippen molar-refractivity contribution in [3.63, 3.8) is 0 Å². The summed E-state index contributed by atoms with van der Waals surface area (Å²) in [5.74, 6) is -4.00. The van der Waals surface area contributed by atoms with Crippen molar-refractivity contribution in [3.05, 3.63) is 74.1 Å². The summed E-state index contributed by atoms with van der Waals surface area (Å²) in [6, 6.07) is 4.84. The first kappa shape index (κ1) is 23.6. The molecule has 0 saturated heterocycles. The maximum absolute atomic E-state index is 13.7. The van der Waals surface area contributed by atoms with Gasteiger partial charge in [0.05, 0.1) is 20.2 Å². The van der Waals surface area contributed by atoms with E-state index in [1.165, 1.54) is 20.4 Å². The molecule has 1 aliphatic rings. The van der Waals surface area contributed by atoms with Crippen LogP contribution in [0.25, 0.3) is 0 Å². The van der Waals surface area contributed by atoms with Gasteiger partial charge in [0.25, 0.3) is 5.56 Å². The number of benzene rings is 1. The van der Waals surface area contributed by atoms with Crippen LogP contribution in [0.5, 0.6) is 11.6 Å². The van der Waals surface area contributed by atoms with E-state index in [-0.39, 0.29) is 35.9 Å². The minimum atomic E-state index is -1.24. The predicted molar refractivity (Wildman–Crippen MR) is 119 cm³/mol. The Labute approximate surface area is 195 Å². The molecular formula is C22H19F2N5O6. The summed E-state index contributed by atoms with van der Waals surface area (Å²) in [7, 11) is 2.82. The summed E-state index contributed by atoms with van der Waals surface area (Å²) in [6.45, 7) is -0.693. The number of ether oxygens (including phenoxy) is 2. The molecule has 0 fully saturated rings. The molecule has 0 saturated carbocycles. The van der Waals surface area contributed by atoms with Crippen LogP contribution in [0.2, 0.25) is 0 Å². The van der Waals surface area contributed by atoms with E-state index in [1.807, 2.05) is 0 Å². The Kier molecular flexibility index (Phi) is 6.32. The average Bonchev–Trinajstić information content (AvgIpc) is 2.86. The second kappa shape index (κ2) is 9.37. The van der Waals surface area contributed by atoms with E-state index < -0.39 is 41.1 Å². The molecule has 0 amide bonds. The van der Waals surface area contributed by atoms with Gasteiger partial charge in [-0.25, -0.2) is 28.3 Å². The number of carbonyl (C=O) groups excluding carboxylic acids is 1. The zero-order chi connectivity index (χ0) is 25.3. The van der Waals surface area contributed by atoms with Gasteiger partial charge in [0, 0.05) is 19.3 Å². The van der Waals surface area contributed by atoms with Crippen LogP contribution in [0.4, 0.5) is 20.3 Å². The highest BCUT2D eigenvalue weighted by molar-refractivity contribution is 6.38. The third-order valence-electron chi connectivity index (χ3n) is 5.23. The monoisotopic (exact) mass is 487 g/mol. The number of phenolic OH excluding ortho intramolecular Hbond substituents is 1. The summed E-state index contributed by atoms with van der Waals surface area (Å²) >= 11 is 0.